The van der Waals surface area contributed by atoms with Gasteiger partial charge in [-0.05, 0) is 51.4 Å². The molecule has 1 unspecified atom stereocenters. The maximum atomic E-state index is 6.13. The van der Waals surface area contributed by atoms with E-state index < -0.39 is 0 Å². The third kappa shape index (κ3) is 3.26. The van der Waals surface area contributed by atoms with E-state index in [0.29, 0.717) is 11.9 Å². The lowest BCUT2D eigenvalue weighted by Gasteiger charge is -2.29. The molecule has 1 aromatic heterocycles. The van der Waals surface area contributed by atoms with Crippen molar-refractivity contribution in [1.82, 2.24) is 9.88 Å². The molecule has 1 saturated heterocycles. The number of rotatable bonds is 5. The first kappa shape index (κ1) is 15.6. The van der Waals surface area contributed by atoms with E-state index in [9.17, 15) is 0 Å². The predicted octanol–water partition coefficient (Wildman–Crippen LogP) is 3.36. The first-order chi connectivity index (χ1) is 9.56. The molecule has 0 aliphatic carbocycles. The molecule has 1 aliphatic heterocycles. The van der Waals surface area contributed by atoms with E-state index in [1.54, 1.807) is 0 Å². The van der Waals surface area contributed by atoms with Crippen LogP contribution in [0.4, 0.5) is 5.82 Å². The molecule has 0 saturated carbocycles. The quantitative estimate of drug-likeness (QED) is 0.777. The summed E-state index contributed by atoms with van der Waals surface area (Å²) in [5.74, 6) is 1.58. The van der Waals surface area contributed by atoms with E-state index >= 15 is 0 Å². The van der Waals surface area contributed by atoms with Crippen molar-refractivity contribution in [3.05, 3.63) is 22.9 Å². The lowest BCUT2D eigenvalue weighted by atomic mass is 10.1. The molecule has 0 spiro atoms. The van der Waals surface area contributed by atoms with Crippen LogP contribution in [0.25, 0.3) is 0 Å². The molecule has 1 fully saturated rings. The number of aryl methyl sites for hydroxylation is 2. The third-order valence-electron chi connectivity index (χ3n) is 4.34. The second kappa shape index (κ2) is 6.77. The zero-order chi connectivity index (χ0) is 14.7. The monoisotopic (exact) mass is 295 g/mol. The Morgan fingerprint density at radius 3 is 2.85 bits per heavy atom. The van der Waals surface area contributed by atoms with Crippen LogP contribution in [-0.4, -0.2) is 42.6 Å². The van der Waals surface area contributed by atoms with Crippen molar-refractivity contribution >= 4 is 17.4 Å². The normalized spacial score (nSPS) is 19.6. The van der Waals surface area contributed by atoms with Gasteiger partial charge in [0.2, 0.25) is 0 Å². The number of pyridine rings is 1. The Hall–Kier alpha value is -0.800. The highest BCUT2D eigenvalue weighted by Crippen LogP contribution is 2.25. The molecule has 2 heterocycles. The highest BCUT2D eigenvalue weighted by Gasteiger charge is 2.25. The van der Waals surface area contributed by atoms with Crippen LogP contribution in [0, 0.1) is 13.8 Å². The summed E-state index contributed by atoms with van der Waals surface area (Å²) in [6.07, 6.45) is 2.61. The summed E-state index contributed by atoms with van der Waals surface area (Å²) >= 11 is 6.13. The van der Waals surface area contributed by atoms with Crippen LogP contribution in [0.2, 0.25) is 0 Å². The van der Waals surface area contributed by atoms with Gasteiger partial charge in [0.25, 0.3) is 0 Å². The van der Waals surface area contributed by atoms with Gasteiger partial charge in [-0.15, -0.1) is 11.6 Å². The highest BCUT2D eigenvalue weighted by atomic mass is 35.5. The number of alkyl halides is 1. The van der Waals surface area contributed by atoms with Gasteiger partial charge in [-0.1, -0.05) is 6.92 Å². The van der Waals surface area contributed by atoms with Crippen LogP contribution in [0.1, 0.15) is 36.6 Å². The van der Waals surface area contributed by atoms with Gasteiger partial charge in [0.1, 0.15) is 5.82 Å². The lowest BCUT2D eigenvalue weighted by molar-refractivity contribution is 0.270. The molecule has 0 radical (unpaired) electrons. The van der Waals surface area contributed by atoms with E-state index in [4.69, 9.17) is 16.6 Å². The number of anilines is 1. The van der Waals surface area contributed by atoms with Crippen LogP contribution in [-0.2, 0) is 5.88 Å². The largest absolute Gasteiger partial charge is 0.358 e. The summed E-state index contributed by atoms with van der Waals surface area (Å²) in [6.45, 7) is 9.83. The fraction of sp³-hybridized carbons (Fsp3) is 0.688. The zero-order valence-electron chi connectivity index (χ0n) is 13.1. The standard InChI is InChI=1S/C16H26ClN3/c1-5-20-8-6-7-14(20)11-19(4)16-15(10-17)12(2)9-13(3)18-16/h9,14H,5-8,10-11H2,1-4H3. The topological polar surface area (TPSA) is 19.4 Å². The summed E-state index contributed by atoms with van der Waals surface area (Å²) < 4.78 is 0. The summed E-state index contributed by atoms with van der Waals surface area (Å²) in [7, 11) is 2.14. The minimum absolute atomic E-state index is 0.529. The molecule has 20 heavy (non-hydrogen) atoms. The van der Waals surface area contributed by atoms with Gasteiger partial charge in [-0.25, -0.2) is 4.98 Å². The van der Waals surface area contributed by atoms with Crippen LogP contribution in [0.3, 0.4) is 0 Å². The zero-order valence-corrected chi connectivity index (χ0v) is 13.9. The number of likely N-dealkylation sites (tertiary alicyclic amines) is 1. The van der Waals surface area contributed by atoms with Crippen molar-refractivity contribution in [2.45, 2.75) is 45.5 Å². The van der Waals surface area contributed by atoms with Crippen LogP contribution in [0.5, 0.6) is 0 Å². The van der Waals surface area contributed by atoms with E-state index in [1.807, 2.05) is 0 Å². The number of nitrogens with zero attached hydrogens (tertiary/aromatic N) is 3. The number of hydrogen-bond donors (Lipinski definition) is 0. The number of hydrogen-bond acceptors (Lipinski definition) is 3. The van der Waals surface area contributed by atoms with Crippen molar-refractivity contribution < 1.29 is 0 Å². The van der Waals surface area contributed by atoms with E-state index in [2.05, 4.69) is 43.7 Å². The molecule has 1 aromatic rings. The smallest absolute Gasteiger partial charge is 0.133 e. The Labute approximate surface area is 127 Å². The Kier molecular flexibility index (Phi) is 5.28. The predicted molar refractivity (Wildman–Crippen MR) is 86.8 cm³/mol. The van der Waals surface area contributed by atoms with Gasteiger partial charge in [0.05, 0.1) is 5.88 Å². The van der Waals surface area contributed by atoms with Crippen molar-refractivity contribution in [3.63, 3.8) is 0 Å². The lowest BCUT2D eigenvalue weighted by Crippen LogP contribution is -2.39. The van der Waals surface area contributed by atoms with Gasteiger partial charge in [-0.3, -0.25) is 4.90 Å². The number of halogens is 1. The molecule has 0 bridgehead atoms. The summed E-state index contributed by atoms with van der Waals surface area (Å²) in [5, 5.41) is 0. The van der Waals surface area contributed by atoms with Gasteiger partial charge >= 0.3 is 0 Å². The van der Waals surface area contributed by atoms with Gasteiger partial charge in [-0.2, -0.15) is 0 Å². The SMILES string of the molecule is CCN1CCCC1CN(C)c1nc(C)cc(C)c1CCl. The first-order valence-electron chi connectivity index (χ1n) is 7.55. The van der Waals surface area contributed by atoms with E-state index in [1.165, 1.54) is 30.5 Å². The van der Waals surface area contributed by atoms with Crippen molar-refractivity contribution in [3.8, 4) is 0 Å². The molecular weight excluding hydrogens is 270 g/mol. The van der Waals surface area contributed by atoms with E-state index in [-0.39, 0.29) is 0 Å². The van der Waals surface area contributed by atoms with Crippen molar-refractivity contribution in [1.29, 1.82) is 0 Å². The molecule has 112 valence electrons. The summed E-state index contributed by atoms with van der Waals surface area (Å²) in [6, 6.07) is 2.76. The summed E-state index contributed by atoms with van der Waals surface area (Å²) in [4.78, 5) is 9.58. The molecule has 0 N–H and O–H groups in total. The Morgan fingerprint density at radius 1 is 1.45 bits per heavy atom. The second-order valence-electron chi connectivity index (χ2n) is 5.82. The minimum Gasteiger partial charge on any atom is -0.358 e. The average Bonchev–Trinajstić information content (AvgIpc) is 2.85. The molecule has 1 aliphatic rings. The molecule has 2 rings (SSSR count). The maximum Gasteiger partial charge on any atom is 0.133 e. The molecular formula is C16H26ClN3. The van der Waals surface area contributed by atoms with Crippen molar-refractivity contribution in [2.24, 2.45) is 0 Å². The van der Waals surface area contributed by atoms with Crippen LogP contribution >= 0.6 is 11.6 Å². The number of aromatic nitrogens is 1. The molecule has 4 heteroatoms. The maximum absolute atomic E-state index is 6.13. The van der Waals surface area contributed by atoms with Gasteiger partial charge in [0, 0.05) is 30.9 Å². The Bertz CT molecular complexity index is 461. The van der Waals surface area contributed by atoms with Crippen LogP contribution in [0.15, 0.2) is 6.07 Å². The van der Waals surface area contributed by atoms with Gasteiger partial charge in [0.15, 0.2) is 0 Å². The van der Waals surface area contributed by atoms with Gasteiger partial charge < -0.3 is 4.90 Å². The average molecular weight is 296 g/mol. The molecule has 0 amide bonds. The minimum atomic E-state index is 0.529. The molecule has 1 atom stereocenters. The van der Waals surface area contributed by atoms with Crippen molar-refractivity contribution in [2.75, 3.05) is 31.6 Å². The fourth-order valence-corrected chi connectivity index (χ4v) is 3.58. The number of likely N-dealkylation sites (N-methyl/N-ethyl adjacent to an activating group) is 2. The Morgan fingerprint density at radius 2 is 2.20 bits per heavy atom. The molecule has 3 nitrogen and oxygen atoms in total. The second-order valence-corrected chi connectivity index (χ2v) is 6.09. The first-order valence-corrected chi connectivity index (χ1v) is 8.08. The third-order valence-corrected chi connectivity index (χ3v) is 4.61. The van der Waals surface area contributed by atoms with Crippen LogP contribution < -0.4 is 4.90 Å². The van der Waals surface area contributed by atoms with E-state index in [0.717, 1.165) is 24.6 Å². The molecule has 0 aromatic carbocycles. The summed E-state index contributed by atoms with van der Waals surface area (Å²) in [5.41, 5.74) is 3.48. The Balaban J connectivity index is 2.18. The fourth-order valence-electron chi connectivity index (χ4n) is 3.25. The highest BCUT2D eigenvalue weighted by molar-refractivity contribution is 6.17.